The van der Waals surface area contributed by atoms with Gasteiger partial charge in [0.2, 0.25) is 0 Å². The Kier molecular flexibility index (Phi) is 3.57. The summed E-state index contributed by atoms with van der Waals surface area (Å²) in [5, 5.41) is 5.54. The molecule has 0 saturated heterocycles. The van der Waals surface area contributed by atoms with Gasteiger partial charge in [-0.25, -0.2) is 0 Å². The third-order valence-corrected chi connectivity index (χ3v) is 3.30. The molecule has 2 heterocycles. The van der Waals surface area contributed by atoms with Crippen LogP contribution in [0.2, 0.25) is 0 Å². The summed E-state index contributed by atoms with van der Waals surface area (Å²) in [6.45, 7) is 1.95. The first-order valence-corrected chi connectivity index (χ1v) is 6.13. The molecule has 1 aromatic rings. The molecule has 0 radical (unpaired) electrons. The SMILES string of the molecule is c1csc(CNC2=NCCCCC2)c1. The second-order valence-electron chi connectivity index (χ2n) is 3.57. The van der Waals surface area contributed by atoms with E-state index in [1.54, 1.807) is 11.3 Å². The van der Waals surface area contributed by atoms with Gasteiger partial charge in [0.05, 0.1) is 12.4 Å². The van der Waals surface area contributed by atoms with Crippen molar-refractivity contribution >= 4 is 17.2 Å². The molecule has 0 fully saturated rings. The summed E-state index contributed by atoms with van der Waals surface area (Å²) >= 11 is 1.80. The zero-order chi connectivity index (χ0) is 9.64. The van der Waals surface area contributed by atoms with Crippen LogP contribution in [-0.2, 0) is 6.54 Å². The quantitative estimate of drug-likeness (QED) is 0.794. The van der Waals surface area contributed by atoms with Gasteiger partial charge in [0.25, 0.3) is 0 Å². The van der Waals surface area contributed by atoms with Gasteiger partial charge in [-0.1, -0.05) is 12.5 Å². The number of amidine groups is 1. The van der Waals surface area contributed by atoms with Gasteiger partial charge in [0.15, 0.2) is 0 Å². The molecule has 3 heteroatoms. The van der Waals surface area contributed by atoms with E-state index in [9.17, 15) is 0 Å². The largest absolute Gasteiger partial charge is 0.369 e. The monoisotopic (exact) mass is 208 g/mol. The van der Waals surface area contributed by atoms with Crippen LogP contribution in [-0.4, -0.2) is 12.4 Å². The number of aliphatic imine (C=N–C) groups is 1. The Morgan fingerprint density at radius 1 is 1.36 bits per heavy atom. The van der Waals surface area contributed by atoms with E-state index in [-0.39, 0.29) is 0 Å². The maximum atomic E-state index is 4.53. The van der Waals surface area contributed by atoms with Gasteiger partial charge in [0, 0.05) is 17.8 Å². The van der Waals surface area contributed by atoms with E-state index in [0.29, 0.717) is 0 Å². The van der Waals surface area contributed by atoms with Gasteiger partial charge >= 0.3 is 0 Å². The van der Waals surface area contributed by atoms with E-state index in [2.05, 4.69) is 27.8 Å². The van der Waals surface area contributed by atoms with Crippen LogP contribution in [0.15, 0.2) is 22.5 Å². The van der Waals surface area contributed by atoms with E-state index in [4.69, 9.17) is 0 Å². The van der Waals surface area contributed by atoms with Crippen LogP contribution in [0.4, 0.5) is 0 Å². The molecule has 1 N–H and O–H groups in total. The number of hydrogen-bond acceptors (Lipinski definition) is 3. The summed E-state index contributed by atoms with van der Waals surface area (Å²) in [7, 11) is 0. The highest BCUT2D eigenvalue weighted by Gasteiger charge is 2.03. The molecule has 0 amide bonds. The predicted molar refractivity (Wildman–Crippen MR) is 61.9 cm³/mol. The van der Waals surface area contributed by atoms with Crippen molar-refractivity contribution < 1.29 is 0 Å². The first-order chi connectivity index (χ1) is 6.95. The lowest BCUT2D eigenvalue weighted by molar-refractivity contribution is 0.728. The average molecular weight is 208 g/mol. The first-order valence-electron chi connectivity index (χ1n) is 5.25. The Morgan fingerprint density at radius 3 is 3.21 bits per heavy atom. The lowest BCUT2D eigenvalue weighted by Gasteiger charge is -2.06. The second-order valence-corrected chi connectivity index (χ2v) is 4.60. The van der Waals surface area contributed by atoms with E-state index in [1.807, 2.05) is 0 Å². The summed E-state index contributed by atoms with van der Waals surface area (Å²) in [4.78, 5) is 5.92. The van der Waals surface area contributed by atoms with Gasteiger partial charge < -0.3 is 5.32 Å². The number of hydrogen-bond donors (Lipinski definition) is 1. The molecule has 14 heavy (non-hydrogen) atoms. The first kappa shape index (κ1) is 9.71. The fraction of sp³-hybridized carbons (Fsp3) is 0.545. The van der Waals surface area contributed by atoms with Gasteiger partial charge in [-0.05, 0) is 24.3 Å². The summed E-state index contributed by atoms with van der Waals surface area (Å²) < 4.78 is 0. The standard InChI is InChI=1S/C11H16N2S/c1-2-6-11(12-7-3-1)13-9-10-5-4-8-14-10/h4-5,8H,1-3,6-7,9H2,(H,12,13). The van der Waals surface area contributed by atoms with Crippen LogP contribution < -0.4 is 5.32 Å². The van der Waals surface area contributed by atoms with Crippen LogP contribution in [0.5, 0.6) is 0 Å². The minimum Gasteiger partial charge on any atom is -0.369 e. The minimum atomic E-state index is 0.941. The highest BCUT2D eigenvalue weighted by Crippen LogP contribution is 2.09. The van der Waals surface area contributed by atoms with Crippen molar-refractivity contribution in [2.45, 2.75) is 32.2 Å². The van der Waals surface area contributed by atoms with Crippen molar-refractivity contribution in [2.24, 2.45) is 4.99 Å². The average Bonchev–Trinajstić information content (AvgIpc) is 2.58. The Balaban J connectivity index is 1.82. The molecule has 1 aromatic heterocycles. The zero-order valence-corrected chi connectivity index (χ0v) is 9.15. The molecule has 0 atom stereocenters. The van der Waals surface area contributed by atoms with Crippen LogP contribution >= 0.6 is 11.3 Å². The lowest BCUT2D eigenvalue weighted by atomic mass is 10.2. The van der Waals surface area contributed by atoms with E-state index < -0.39 is 0 Å². The Labute approximate surface area is 89.1 Å². The topological polar surface area (TPSA) is 24.4 Å². The normalized spacial score (nSPS) is 17.3. The number of thiophene rings is 1. The molecule has 0 saturated carbocycles. The van der Waals surface area contributed by atoms with Crippen molar-refractivity contribution in [1.82, 2.24) is 5.32 Å². The van der Waals surface area contributed by atoms with Crippen molar-refractivity contribution in [3.63, 3.8) is 0 Å². The molecule has 1 aliphatic rings. The predicted octanol–water partition coefficient (Wildman–Crippen LogP) is 2.81. The molecule has 0 bridgehead atoms. The highest BCUT2D eigenvalue weighted by atomic mass is 32.1. The molecule has 2 rings (SSSR count). The Morgan fingerprint density at radius 2 is 2.36 bits per heavy atom. The molecule has 2 nitrogen and oxygen atoms in total. The number of rotatable bonds is 2. The summed E-state index contributed by atoms with van der Waals surface area (Å²) in [5.41, 5.74) is 0. The summed E-state index contributed by atoms with van der Waals surface area (Å²) in [6.07, 6.45) is 5.00. The third kappa shape index (κ3) is 2.84. The minimum absolute atomic E-state index is 0.941. The fourth-order valence-corrected chi connectivity index (χ4v) is 2.27. The summed E-state index contributed by atoms with van der Waals surface area (Å²) in [5.74, 6) is 1.20. The molecule has 1 aliphatic heterocycles. The third-order valence-electron chi connectivity index (χ3n) is 2.42. The van der Waals surface area contributed by atoms with Crippen LogP contribution in [0.3, 0.4) is 0 Å². The van der Waals surface area contributed by atoms with Crippen LogP contribution in [0.25, 0.3) is 0 Å². The van der Waals surface area contributed by atoms with E-state index in [0.717, 1.165) is 19.5 Å². The summed E-state index contributed by atoms with van der Waals surface area (Å²) in [6, 6.07) is 4.26. The van der Waals surface area contributed by atoms with Crippen molar-refractivity contribution in [3.8, 4) is 0 Å². The molecule has 76 valence electrons. The molecule has 0 unspecified atom stereocenters. The Bertz CT molecular complexity index is 290. The van der Waals surface area contributed by atoms with Crippen LogP contribution in [0, 0.1) is 0 Å². The maximum Gasteiger partial charge on any atom is 0.0965 e. The van der Waals surface area contributed by atoms with Crippen molar-refractivity contribution in [1.29, 1.82) is 0 Å². The van der Waals surface area contributed by atoms with E-state index in [1.165, 1.54) is 30.0 Å². The molecule has 0 spiro atoms. The smallest absolute Gasteiger partial charge is 0.0965 e. The molecular weight excluding hydrogens is 192 g/mol. The highest BCUT2D eigenvalue weighted by molar-refractivity contribution is 7.09. The lowest BCUT2D eigenvalue weighted by Crippen LogP contribution is -2.22. The van der Waals surface area contributed by atoms with Gasteiger partial charge in [-0.15, -0.1) is 11.3 Å². The van der Waals surface area contributed by atoms with Gasteiger partial charge in [-0.2, -0.15) is 0 Å². The van der Waals surface area contributed by atoms with Crippen molar-refractivity contribution in [2.75, 3.05) is 6.54 Å². The number of nitrogens with zero attached hydrogens (tertiary/aromatic N) is 1. The Hall–Kier alpha value is -0.830. The second kappa shape index (κ2) is 5.15. The molecule has 0 aliphatic carbocycles. The van der Waals surface area contributed by atoms with E-state index >= 15 is 0 Å². The van der Waals surface area contributed by atoms with Gasteiger partial charge in [-0.3, -0.25) is 4.99 Å². The zero-order valence-electron chi connectivity index (χ0n) is 8.33. The molecule has 0 aromatic carbocycles. The fourth-order valence-electron chi connectivity index (χ4n) is 1.62. The molecular formula is C11H16N2S. The van der Waals surface area contributed by atoms with Gasteiger partial charge in [0.1, 0.15) is 0 Å². The van der Waals surface area contributed by atoms with Crippen LogP contribution in [0.1, 0.15) is 30.6 Å². The maximum absolute atomic E-state index is 4.53. The van der Waals surface area contributed by atoms with Crippen molar-refractivity contribution in [3.05, 3.63) is 22.4 Å². The number of nitrogens with one attached hydrogen (secondary N) is 1.